The molecule has 4 nitrogen and oxygen atoms in total. The molecule has 5 heteroatoms. The van der Waals surface area contributed by atoms with Crippen molar-refractivity contribution in [3.63, 3.8) is 0 Å². The molecule has 2 heterocycles. The van der Waals surface area contributed by atoms with Gasteiger partial charge in [0.15, 0.2) is 0 Å². The van der Waals surface area contributed by atoms with Gasteiger partial charge in [0.2, 0.25) is 5.91 Å². The van der Waals surface area contributed by atoms with Gasteiger partial charge in [0.05, 0.1) is 5.60 Å². The average Bonchev–Trinajstić information content (AvgIpc) is 2.29. The number of carbonyl (C=O) groups excluding carboxylic acids is 1. The minimum Gasteiger partial charge on any atom is -0.375 e. The number of ether oxygens (including phenoxy) is 1. The Bertz CT molecular complexity index is 262. The first-order valence-corrected chi connectivity index (χ1v) is 7.59. The van der Waals surface area contributed by atoms with Gasteiger partial charge < -0.3 is 15.8 Å². The molecule has 0 radical (unpaired) electrons. The highest BCUT2D eigenvalue weighted by Gasteiger charge is 2.38. The largest absolute Gasteiger partial charge is 0.375 e. The van der Waals surface area contributed by atoms with Gasteiger partial charge in [0.25, 0.3) is 0 Å². The predicted octanol–water partition coefficient (Wildman–Crippen LogP) is 0.896. The lowest BCUT2D eigenvalue weighted by Crippen LogP contribution is -2.49. The lowest BCUT2D eigenvalue weighted by atomic mass is 9.85. The topological polar surface area (TPSA) is 64.4 Å². The van der Waals surface area contributed by atoms with Crippen molar-refractivity contribution in [1.29, 1.82) is 0 Å². The highest BCUT2D eigenvalue weighted by Crippen LogP contribution is 2.37. The van der Waals surface area contributed by atoms with Crippen molar-refractivity contribution in [3.05, 3.63) is 0 Å². The molecule has 3 N–H and O–H groups in total. The van der Waals surface area contributed by atoms with Crippen LogP contribution in [0.25, 0.3) is 0 Å². The Kier molecular flexibility index (Phi) is 4.70. The number of hydrogen-bond acceptors (Lipinski definition) is 4. The molecular formula is C12H22N2O2S. The van der Waals surface area contributed by atoms with E-state index in [0.717, 1.165) is 19.4 Å². The van der Waals surface area contributed by atoms with E-state index in [1.54, 1.807) is 0 Å². The third-order valence-corrected chi connectivity index (χ3v) is 4.69. The fourth-order valence-corrected chi connectivity index (χ4v) is 3.93. The molecule has 0 saturated carbocycles. The maximum absolute atomic E-state index is 10.7. The maximum atomic E-state index is 10.7. The molecule has 0 aromatic rings. The number of nitrogens with two attached hydrogens (primary N) is 1. The average molecular weight is 258 g/mol. The van der Waals surface area contributed by atoms with Gasteiger partial charge in [-0.2, -0.15) is 11.8 Å². The number of thioether (sulfide) groups is 1. The molecule has 0 aromatic carbocycles. The first-order valence-electron chi connectivity index (χ1n) is 6.44. The van der Waals surface area contributed by atoms with Gasteiger partial charge >= 0.3 is 0 Å². The predicted molar refractivity (Wildman–Crippen MR) is 70.1 cm³/mol. The summed E-state index contributed by atoms with van der Waals surface area (Å²) < 4.78 is 6.02. The Morgan fingerprint density at radius 1 is 1.47 bits per heavy atom. The number of carbonyl (C=O) groups is 1. The summed E-state index contributed by atoms with van der Waals surface area (Å²) in [5.41, 5.74) is 5.26. The number of amides is 1. The van der Waals surface area contributed by atoms with E-state index >= 15 is 0 Å². The summed E-state index contributed by atoms with van der Waals surface area (Å²) in [6.07, 6.45) is 4.91. The van der Waals surface area contributed by atoms with E-state index in [1.807, 2.05) is 11.8 Å². The summed E-state index contributed by atoms with van der Waals surface area (Å²) in [6, 6.07) is 0.492. The van der Waals surface area contributed by atoms with Crippen molar-refractivity contribution < 1.29 is 9.53 Å². The lowest BCUT2D eigenvalue weighted by Gasteiger charge is -2.43. The van der Waals surface area contributed by atoms with Gasteiger partial charge in [-0.1, -0.05) is 0 Å². The van der Waals surface area contributed by atoms with Gasteiger partial charge in [-0.05, 0) is 37.2 Å². The second kappa shape index (κ2) is 6.07. The van der Waals surface area contributed by atoms with E-state index in [4.69, 9.17) is 10.5 Å². The fraction of sp³-hybridized carbons (Fsp3) is 0.917. The zero-order chi connectivity index (χ0) is 12.1. The Morgan fingerprint density at radius 2 is 2.24 bits per heavy atom. The molecule has 98 valence electrons. The Balaban J connectivity index is 1.77. The third-order valence-electron chi connectivity index (χ3n) is 3.70. The number of hydrogen-bond donors (Lipinski definition) is 2. The van der Waals surface area contributed by atoms with Gasteiger partial charge in [-0.3, -0.25) is 4.79 Å². The van der Waals surface area contributed by atoms with Gasteiger partial charge in [0, 0.05) is 25.6 Å². The van der Waals surface area contributed by atoms with Crippen LogP contribution in [0.5, 0.6) is 0 Å². The summed E-state index contributed by atoms with van der Waals surface area (Å²) in [5, 5.41) is 3.44. The van der Waals surface area contributed by atoms with Crippen molar-refractivity contribution in [3.8, 4) is 0 Å². The molecule has 1 spiro atoms. The Morgan fingerprint density at radius 3 is 2.94 bits per heavy atom. The fourth-order valence-electron chi connectivity index (χ4n) is 2.69. The number of rotatable bonds is 4. The molecular weight excluding hydrogens is 236 g/mol. The second-order valence-corrected chi connectivity index (χ2v) is 6.23. The zero-order valence-corrected chi connectivity index (χ0v) is 11.1. The first-order chi connectivity index (χ1) is 8.20. The SMILES string of the molecule is NC(=O)CCNC1CCOC2(CCSCC2)C1. The number of primary amides is 1. The van der Waals surface area contributed by atoms with E-state index in [1.165, 1.54) is 24.3 Å². The number of nitrogens with one attached hydrogen (secondary N) is 1. The molecule has 0 bridgehead atoms. The van der Waals surface area contributed by atoms with Crippen LogP contribution in [0.2, 0.25) is 0 Å². The quantitative estimate of drug-likeness (QED) is 0.786. The van der Waals surface area contributed by atoms with E-state index in [9.17, 15) is 4.79 Å². The molecule has 2 saturated heterocycles. The molecule has 0 aliphatic carbocycles. The van der Waals surface area contributed by atoms with Crippen LogP contribution in [0.1, 0.15) is 32.1 Å². The zero-order valence-electron chi connectivity index (χ0n) is 10.2. The molecule has 2 rings (SSSR count). The highest BCUT2D eigenvalue weighted by molar-refractivity contribution is 7.99. The summed E-state index contributed by atoms with van der Waals surface area (Å²) in [4.78, 5) is 10.7. The van der Waals surface area contributed by atoms with E-state index in [-0.39, 0.29) is 11.5 Å². The molecule has 1 amide bonds. The Hall–Kier alpha value is -0.260. The smallest absolute Gasteiger partial charge is 0.218 e. The van der Waals surface area contributed by atoms with Crippen LogP contribution in [-0.2, 0) is 9.53 Å². The molecule has 1 atom stereocenters. The van der Waals surface area contributed by atoms with Crippen molar-refractivity contribution in [2.24, 2.45) is 5.73 Å². The minimum absolute atomic E-state index is 0.119. The third kappa shape index (κ3) is 3.86. The van der Waals surface area contributed by atoms with Crippen molar-refractivity contribution in [1.82, 2.24) is 5.32 Å². The maximum Gasteiger partial charge on any atom is 0.218 e. The lowest BCUT2D eigenvalue weighted by molar-refractivity contribution is -0.118. The summed E-state index contributed by atoms with van der Waals surface area (Å²) >= 11 is 2.02. The summed E-state index contributed by atoms with van der Waals surface area (Å²) in [6.45, 7) is 1.55. The Labute approximate surface area is 107 Å². The van der Waals surface area contributed by atoms with Crippen molar-refractivity contribution >= 4 is 17.7 Å². The first kappa shape index (κ1) is 13.2. The van der Waals surface area contributed by atoms with Gasteiger partial charge in [-0.15, -0.1) is 0 Å². The summed E-state index contributed by atoms with van der Waals surface area (Å²) in [5.74, 6) is 2.20. The molecule has 2 fully saturated rings. The van der Waals surface area contributed by atoms with Gasteiger partial charge in [-0.25, -0.2) is 0 Å². The molecule has 2 aliphatic heterocycles. The summed E-state index contributed by atoms with van der Waals surface area (Å²) in [7, 11) is 0. The van der Waals surface area contributed by atoms with E-state index in [0.29, 0.717) is 19.0 Å². The van der Waals surface area contributed by atoms with Crippen molar-refractivity contribution in [2.45, 2.75) is 43.7 Å². The van der Waals surface area contributed by atoms with Crippen LogP contribution in [0.4, 0.5) is 0 Å². The van der Waals surface area contributed by atoms with E-state index in [2.05, 4.69) is 5.32 Å². The monoisotopic (exact) mass is 258 g/mol. The van der Waals surface area contributed by atoms with Crippen LogP contribution in [0.3, 0.4) is 0 Å². The van der Waals surface area contributed by atoms with Crippen LogP contribution >= 0.6 is 11.8 Å². The molecule has 17 heavy (non-hydrogen) atoms. The minimum atomic E-state index is -0.228. The molecule has 1 unspecified atom stereocenters. The van der Waals surface area contributed by atoms with Crippen LogP contribution in [-0.4, -0.2) is 42.2 Å². The molecule has 0 aromatic heterocycles. The molecule has 2 aliphatic rings. The second-order valence-electron chi connectivity index (χ2n) is 5.00. The van der Waals surface area contributed by atoms with Crippen LogP contribution in [0.15, 0.2) is 0 Å². The standard InChI is InChI=1S/C12H22N2O2S/c13-11(15)1-5-14-10-2-6-16-12(9-10)3-7-17-8-4-12/h10,14H,1-9H2,(H2,13,15). The highest BCUT2D eigenvalue weighted by atomic mass is 32.2. The normalized spacial score (nSPS) is 28.1. The van der Waals surface area contributed by atoms with E-state index < -0.39 is 0 Å². The van der Waals surface area contributed by atoms with Gasteiger partial charge in [0.1, 0.15) is 0 Å². The van der Waals surface area contributed by atoms with Crippen LogP contribution in [0, 0.1) is 0 Å². The van der Waals surface area contributed by atoms with Crippen molar-refractivity contribution in [2.75, 3.05) is 24.7 Å². The van der Waals surface area contributed by atoms with Crippen LogP contribution < -0.4 is 11.1 Å².